The standard InChI is InChI=1S/C12H20N2O4/c1-9(15)13-7-6-11(16)14-8-4-3-5-10(14)12(17)18-2/h10H,3-8H2,1-2H3,(H,13,15)/t10-/m1/s1. The molecule has 6 heteroatoms. The summed E-state index contributed by atoms with van der Waals surface area (Å²) in [4.78, 5) is 35.8. The van der Waals surface area contributed by atoms with Crippen LogP contribution in [-0.4, -0.2) is 48.9 Å². The second-order valence-corrected chi connectivity index (χ2v) is 4.35. The molecule has 2 amide bonds. The van der Waals surface area contributed by atoms with Gasteiger partial charge >= 0.3 is 5.97 Å². The SMILES string of the molecule is COC(=O)[C@H]1CCCCN1C(=O)CCNC(C)=O. The second kappa shape index (κ2) is 6.98. The largest absolute Gasteiger partial charge is 0.467 e. The molecule has 1 heterocycles. The van der Waals surface area contributed by atoms with Crippen LogP contribution >= 0.6 is 0 Å². The number of rotatable bonds is 4. The van der Waals surface area contributed by atoms with Crippen molar-refractivity contribution in [3.8, 4) is 0 Å². The number of nitrogens with one attached hydrogen (secondary N) is 1. The third kappa shape index (κ3) is 4.01. The quantitative estimate of drug-likeness (QED) is 0.722. The zero-order valence-electron chi connectivity index (χ0n) is 10.9. The molecule has 1 N–H and O–H groups in total. The number of hydrogen-bond acceptors (Lipinski definition) is 4. The van der Waals surface area contributed by atoms with E-state index in [2.05, 4.69) is 5.32 Å². The van der Waals surface area contributed by atoms with E-state index < -0.39 is 6.04 Å². The molecule has 0 bridgehead atoms. The van der Waals surface area contributed by atoms with E-state index in [1.165, 1.54) is 14.0 Å². The van der Waals surface area contributed by atoms with E-state index in [-0.39, 0.29) is 24.2 Å². The number of carbonyl (C=O) groups excluding carboxylic acids is 3. The van der Waals surface area contributed by atoms with E-state index in [9.17, 15) is 14.4 Å². The minimum absolute atomic E-state index is 0.112. The Morgan fingerprint density at radius 3 is 2.67 bits per heavy atom. The maximum Gasteiger partial charge on any atom is 0.328 e. The van der Waals surface area contributed by atoms with Gasteiger partial charge in [0.15, 0.2) is 0 Å². The van der Waals surface area contributed by atoms with Gasteiger partial charge < -0.3 is 15.0 Å². The number of hydrogen-bond donors (Lipinski definition) is 1. The second-order valence-electron chi connectivity index (χ2n) is 4.35. The summed E-state index contributed by atoms with van der Waals surface area (Å²) in [5.74, 6) is -0.632. The van der Waals surface area contributed by atoms with Gasteiger partial charge in [0.25, 0.3) is 0 Å². The van der Waals surface area contributed by atoms with Crippen LogP contribution in [0.2, 0.25) is 0 Å². The van der Waals surface area contributed by atoms with Crippen LogP contribution in [-0.2, 0) is 19.1 Å². The van der Waals surface area contributed by atoms with Crippen molar-refractivity contribution in [1.82, 2.24) is 10.2 Å². The van der Waals surface area contributed by atoms with Crippen LogP contribution in [0.1, 0.15) is 32.6 Å². The fourth-order valence-corrected chi connectivity index (χ4v) is 2.10. The summed E-state index contributed by atoms with van der Waals surface area (Å²) < 4.78 is 4.71. The third-order valence-electron chi connectivity index (χ3n) is 3.01. The van der Waals surface area contributed by atoms with Crippen molar-refractivity contribution in [1.29, 1.82) is 0 Å². The number of carbonyl (C=O) groups is 3. The molecule has 1 aliphatic heterocycles. The molecule has 6 nitrogen and oxygen atoms in total. The Bertz CT molecular complexity index is 330. The summed E-state index contributed by atoms with van der Waals surface area (Å²) in [6.45, 7) is 2.29. The van der Waals surface area contributed by atoms with Gasteiger partial charge in [-0.05, 0) is 19.3 Å². The van der Waals surface area contributed by atoms with Crippen molar-refractivity contribution >= 4 is 17.8 Å². The summed E-state index contributed by atoms with van der Waals surface area (Å²) in [7, 11) is 1.33. The molecule has 1 aliphatic rings. The van der Waals surface area contributed by atoms with Crippen molar-refractivity contribution in [2.75, 3.05) is 20.2 Å². The summed E-state index contributed by atoms with van der Waals surface area (Å²) in [6.07, 6.45) is 2.69. The lowest BCUT2D eigenvalue weighted by atomic mass is 10.0. The molecule has 0 unspecified atom stereocenters. The Morgan fingerprint density at radius 2 is 2.06 bits per heavy atom. The average Bonchev–Trinajstić information content (AvgIpc) is 2.37. The lowest BCUT2D eigenvalue weighted by molar-refractivity contribution is -0.154. The summed E-state index contributed by atoms with van der Waals surface area (Å²) >= 11 is 0. The predicted octanol–water partition coefficient (Wildman–Crippen LogP) is 0.0667. The van der Waals surface area contributed by atoms with Gasteiger partial charge in [0.2, 0.25) is 11.8 Å². The van der Waals surface area contributed by atoms with Gasteiger partial charge in [-0.2, -0.15) is 0 Å². The predicted molar refractivity (Wildman–Crippen MR) is 64.7 cm³/mol. The number of esters is 1. The minimum Gasteiger partial charge on any atom is -0.467 e. The average molecular weight is 256 g/mol. The van der Waals surface area contributed by atoms with Crippen molar-refractivity contribution in [2.45, 2.75) is 38.6 Å². The van der Waals surface area contributed by atoms with E-state index >= 15 is 0 Å². The molecule has 0 aromatic rings. The molecule has 1 fully saturated rings. The van der Waals surface area contributed by atoms with E-state index in [1.807, 2.05) is 0 Å². The molecule has 0 aromatic heterocycles. The Morgan fingerprint density at radius 1 is 1.33 bits per heavy atom. The summed E-state index contributed by atoms with van der Waals surface area (Å²) in [5.41, 5.74) is 0. The van der Waals surface area contributed by atoms with Gasteiger partial charge in [-0.15, -0.1) is 0 Å². The lowest BCUT2D eigenvalue weighted by Crippen LogP contribution is -2.49. The van der Waals surface area contributed by atoms with Crippen LogP contribution in [0.3, 0.4) is 0 Å². The molecule has 1 atom stereocenters. The Balaban J connectivity index is 2.52. The van der Waals surface area contributed by atoms with E-state index in [0.29, 0.717) is 19.5 Å². The Hall–Kier alpha value is -1.59. The first kappa shape index (κ1) is 14.5. The number of methoxy groups -OCH3 is 1. The topological polar surface area (TPSA) is 75.7 Å². The normalized spacial score (nSPS) is 19.2. The van der Waals surface area contributed by atoms with Gasteiger partial charge in [0, 0.05) is 26.4 Å². The highest BCUT2D eigenvalue weighted by Gasteiger charge is 2.32. The van der Waals surface area contributed by atoms with Gasteiger partial charge in [-0.3, -0.25) is 9.59 Å². The number of nitrogens with zero attached hydrogens (tertiary/aromatic N) is 1. The van der Waals surface area contributed by atoms with Crippen LogP contribution in [0, 0.1) is 0 Å². The molecular weight excluding hydrogens is 236 g/mol. The van der Waals surface area contributed by atoms with E-state index in [4.69, 9.17) is 4.74 Å². The van der Waals surface area contributed by atoms with Crippen molar-refractivity contribution in [3.63, 3.8) is 0 Å². The summed E-state index contributed by atoms with van der Waals surface area (Å²) in [6, 6.07) is -0.464. The van der Waals surface area contributed by atoms with Crippen LogP contribution < -0.4 is 5.32 Å². The van der Waals surface area contributed by atoms with E-state index in [0.717, 1.165) is 12.8 Å². The first-order valence-electron chi connectivity index (χ1n) is 6.18. The van der Waals surface area contributed by atoms with Crippen LogP contribution in [0.4, 0.5) is 0 Å². The molecule has 0 aromatic carbocycles. The first-order chi connectivity index (χ1) is 8.56. The number of likely N-dealkylation sites (tertiary alicyclic amines) is 1. The fourth-order valence-electron chi connectivity index (χ4n) is 2.10. The van der Waals surface area contributed by atoms with Crippen molar-refractivity contribution in [3.05, 3.63) is 0 Å². The number of piperidine rings is 1. The lowest BCUT2D eigenvalue weighted by Gasteiger charge is -2.33. The summed E-state index contributed by atoms with van der Waals surface area (Å²) in [5, 5.41) is 2.57. The van der Waals surface area contributed by atoms with Gasteiger partial charge in [0.05, 0.1) is 7.11 Å². The molecule has 102 valence electrons. The highest BCUT2D eigenvalue weighted by molar-refractivity contribution is 5.85. The maximum atomic E-state index is 12.0. The zero-order chi connectivity index (χ0) is 13.5. The van der Waals surface area contributed by atoms with Crippen LogP contribution in [0.15, 0.2) is 0 Å². The molecule has 0 saturated carbocycles. The third-order valence-corrected chi connectivity index (χ3v) is 3.01. The van der Waals surface area contributed by atoms with Crippen molar-refractivity contribution in [2.24, 2.45) is 0 Å². The number of ether oxygens (including phenoxy) is 1. The maximum absolute atomic E-state index is 12.0. The molecular formula is C12H20N2O4. The fraction of sp³-hybridized carbons (Fsp3) is 0.750. The zero-order valence-corrected chi connectivity index (χ0v) is 10.9. The minimum atomic E-state index is -0.464. The molecule has 0 aliphatic carbocycles. The molecule has 0 spiro atoms. The number of amides is 2. The van der Waals surface area contributed by atoms with Gasteiger partial charge in [-0.1, -0.05) is 0 Å². The first-order valence-corrected chi connectivity index (χ1v) is 6.18. The Labute approximate surface area is 107 Å². The highest BCUT2D eigenvalue weighted by Crippen LogP contribution is 2.18. The smallest absolute Gasteiger partial charge is 0.328 e. The Kier molecular flexibility index (Phi) is 5.61. The molecule has 1 rings (SSSR count). The molecule has 0 radical (unpaired) electrons. The van der Waals surface area contributed by atoms with Crippen LogP contribution in [0.5, 0.6) is 0 Å². The van der Waals surface area contributed by atoms with E-state index in [1.54, 1.807) is 4.90 Å². The monoisotopic (exact) mass is 256 g/mol. The van der Waals surface area contributed by atoms with Crippen LogP contribution in [0.25, 0.3) is 0 Å². The molecule has 1 saturated heterocycles. The van der Waals surface area contributed by atoms with Crippen molar-refractivity contribution < 1.29 is 19.1 Å². The van der Waals surface area contributed by atoms with Gasteiger partial charge in [-0.25, -0.2) is 4.79 Å². The highest BCUT2D eigenvalue weighted by atomic mass is 16.5. The van der Waals surface area contributed by atoms with Gasteiger partial charge in [0.1, 0.15) is 6.04 Å². The molecule has 18 heavy (non-hydrogen) atoms.